The maximum absolute atomic E-state index is 12.3. The van der Waals surface area contributed by atoms with Crippen molar-refractivity contribution in [3.8, 4) is 5.75 Å². The summed E-state index contributed by atoms with van der Waals surface area (Å²) in [6.07, 6.45) is 0.439. The molecule has 3 aromatic rings. The lowest BCUT2D eigenvalue weighted by molar-refractivity contribution is -0.255. The molecule has 0 aliphatic carbocycles. The van der Waals surface area contributed by atoms with Crippen LogP contribution in [0, 0.1) is 0 Å². The van der Waals surface area contributed by atoms with Crippen molar-refractivity contribution < 1.29 is 19.4 Å². The Kier molecular flexibility index (Phi) is 6.91. The molecule has 0 aliphatic heterocycles. The Hall–Kier alpha value is -3.53. The van der Waals surface area contributed by atoms with Gasteiger partial charge in [-0.3, -0.25) is 4.79 Å². The van der Waals surface area contributed by atoms with E-state index in [2.05, 4.69) is 15.5 Å². The molecule has 156 valence electrons. The number of amides is 1. The van der Waals surface area contributed by atoms with Crippen molar-refractivity contribution in [3.63, 3.8) is 0 Å². The topological polar surface area (TPSA) is 135 Å². The van der Waals surface area contributed by atoms with Gasteiger partial charge in [-0.05, 0) is 30.2 Å². The summed E-state index contributed by atoms with van der Waals surface area (Å²) in [5.74, 6) is 5.50. The van der Waals surface area contributed by atoms with Crippen molar-refractivity contribution in [2.75, 3.05) is 16.9 Å². The van der Waals surface area contributed by atoms with Crippen LogP contribution >= 0.6 is 11.8 Å². The van der Waals surface area contributed by atoms with Gasteiger partial charge >= 0.3 is 0 Å². The van der Waals surface area contributed by atoms with Gasteiger partial charge in [0.1, 0.15) is 12.4 Å². The summed E-state index contributed by atoms with van der Waals surface area (Å²) in [5, 5.41) is 22.3. The van der Waals surface area contributed by atoms with Gasteiger partial charge < -0.3 is 25.8 Å². The normalized spacial score (nSPS) is 10.6. The minimum Gasteiger partial charge on any atom is -0.545 e. The van der Waals surface area contributed by atoms with Gasteiger partial charge in [0.05, 0.1) is 11.7 Å². The van der Waals surface area contributed by atoms with E-state index in [1.165, 1.54) is 10.7 Å². The molecule has 9 nitrogen and oxygen atoms in total. The smallest absolute Gasteiger partial charge is 0.234 e. The minimum atomic E-state index is -1.28. The van der Waals surface area contributed by atoms with Crippen LogP contribution in [0.4, 0.5) is 5.69 Å². The number of carboxylic acid groups (broad SMARTS) is 1. The highest BCUT2D eigenvalue weighted by Crippen LogP contribution is 2.22. The number of nitrogen functional groups attached to an aromatic ring is 1. The zero-order chi connectivity index (χ0) is 21.5. The van der Waals surface area contributed by atoms with Crippen LogP contribution in [0.1, 0.15) is 28.7 Å². The molecule has 0 fully saturated rings. The van der Waals surface area contributed by atoms with Crippen LogP contribution in [0.5, 0.6) is 5.75 Å². The van der Waals surface area contributed by atoms with Gasteiger partial charge in [-0.1, -0.05) is 49.0 Å². The molecule has 30 heavy (non-hydrogen) atoms. The van der Waals surface area contributed by atoms with Gasteiger partial charge in [0.25, 0.3) is 0 Å². The van der Waals surface area contributed by atoms with E-state index in [0.717, 1.165) is 11.8 Å². The number of benzene rings is 2. The lowest BCUT2D eigenvalue weighted by Crippen LogP contribution is -2.25. The van der Waals surface area contributed by atoms with Crippen LogP contribution in [0.2, 0.25) is 0 Å². The molecular weight excluding hydrogens is 406 g/mol. The summed E-state index contributed by atoms with van der Waals surface area (Å²) in [4.78, 5) is 23.6. The highest BCUT2D eigenvalue weighted by molar-refractivity contribution is 7.99. The minimum absolute atomic E-state index is 0.0214. The van der Waals surface area contributed by atoms with Crippen molar-refractivity contribution in [1.29, 1.82) is 0 Å². The van der Waals surface area contributed by atoms with E-state index in [4.69, 9.17) is 10.6 Å². The standard InChI is InChI=1S/C20H21N5O4S/c1-2-14-15(19(27)28)9-6-10-16(14)22-18(26)12-30-20-24-23-17(25(20)21)11-29-13-7-4-3-5-8-13/h3-10H,2,11-12,21H2,1H3,(H,22,26)(H,27,28)/p-1. The third-order valence-corrected chi connectivity index (χ3v) is 5.15. The molecule has 0 unspecified atom stereocenters. The number of nitrogens with zero attached hydrogens (tertiary/aromatic N) is 3. The number of aromatic nitrogens is 3. The summed E-state index contributed by atoms with van der Waals surface area (Å²) >= 11 is 1.11. The number of nitrogens with two attached hydrogens (primary N) is 1. The highest BCUT2D eigenvalue weighted by Gasteiger charge is 2.14. The Labute approximate surface area is 177 Å². The Morgan fingerprint density at radius 1 is 1.17 bits per heavy atom. The second-order valence-corrected chi connectivity index (χ2v) is 7.12. The van der Waals surface area contributed by atoms with Crippen LogP contribution in [-0.2, 0) is 17.8 Å². The Morgan fingerprint density at radius 3 is 2.63 bits per heavy atom. The SMILES string of the molecule is CCc1c(NC(=O)CSc2nnc(COc3ccccc3)n2N)cccc1C(=O)[O-]. The van der Waals surface area contributed by atoms with E-state index < -0.39 is 5.97 Å². The van der Waals surface area contributed by atoms with Crippen molar-refractivity contribution in [2.24, 2.45) is 0 Å². The maximum Gasteiger partial charge on any atom is 0.234 e. The first kappa shape index (κ1) is 21.2. The van der Waals surface area contributed by atoms with E-state index in [1.54, 1.807) is 12.1 Å². The zero-order valence-electron chi connectivity index (χ0n) is 16.2. The summed E-state index contributed by atoms with van der Waals surface area (Å²) in [6.45, 7) is 1.94. The van der Waals surface area contributed by atoms with E-state index in [1.807, 2.05) is 37.3 Å². The number of carboxylic acids is 1. The number of ether oxygens (including phenoxy) is 1. The third kappa shape index (κ3) is 5.09. The van der Waals surface area contributed by atoms with E-state index in [9.17, 15) is 14.7 Å². The van der Waals surface area contributed by atoms with Crippen LogP contribution in [0.25, 0.3) is 0 Å². The zero-order valence-corrected chi connectivity index (χ0v) is 17.0. The van der Waals surface area contributed by atoms with Crippen LogP contribution < -0.4 is 21.0 Å². The molecule has 3 N–H and O–H groups in total. The predicted octanol–water partition coefficient (Wildman–Crippen LogP) is 1.23. The second-order valence-electron chi connectivity index (χ2n) is 6.18. The fourth-order valence-corrected chi connectivity index (χ4v) is 3.44. The maximum atomic E-state index is 12.3. The molecule has 0 aliphatic rings. The van der Waals surface area contributed by atoms with Gasteiger partial charge in [0.15, 0.2) is 5.82 Å². The molecule has 0 bridgehead atoms. The average Bonchev–Trinajstić information content (AvgIpc) is 3.10. The first-order valence-corrected chi connectivity index (χ1v) is 10.1. The summed E-state index contributed by atoms with van der Waals surface area (Å²) in [7, 11) is 0. The van der Waals surface area contributed by atoms with E-state index in [0.29, 0.717) is 34.4 Å². The molecule has 1 amide bonds. The molecule has 0 saturated heterocycles. The van der Waals surface area contributed by atoms with Gasteiger partial charge in [0, 0.05) is 11.3 Å². The number of nitrogens with one attached hydrogen (secondary N) is 1. The molecule has 3 rings (SSSR count). The van der Waals surface area contributed by atoms with Crippen molar-refractivity contribution in [3.05, 3.63) is 65.5 Å². The molecule has 10 heteroatoms. The monoisotopic (exact) mass is 426 g/mol. The van der Waals surface area contributed by atoms with Crippen molar-refractivity contribution >= 4 is 29.3 Å². The highest BCUT2D eigenvalue weighted by atomic mass is 32.2. The second kappa shape index (κ2) is 9.79. The largest absolute Gasteiger partial charge is 0.545 e. The predicted molar refractivity (Wildman–Crippen MR) is 110 cm³/mol. The molecule has 0 atom stereocenters. The van der Waals surface area contributed by atoms with Gasteiger partial charge in [0.2, 0.25) is 11.1 Å². The van der Waals surface area contributed by atoms with E-state index >= 15 is 0 Å². The number of rotatable bonds is 9. The summed E-state index contributed by atoms with van der Waals surface area (Å²) < 4.78 is 6.87. The number of hydrogen-bond acceptors (Lipinski definition) is 8. The number of carbonyl (C=O) groups is 2. The number of para-hydroxylation sites is 1. The van der Waals surface area contributed by atoms with Crippen molar-refractivity contribution in [1.82, 2.24) is 14.9 Å². The number of anilines is 1. The third-order valence-electron chi connectivity index (χ3n) is 4.20. The average molecular weight is 426 g/mol. The van der Waals surface area contributed by atoms with Gasteiger partial charge in [-0.15, -0.1) is 10.2 Å². The Bertz CT molecular complexity index is 1040. The molecular formula is C20H20N5O4S-. The van der Waals surface area contributed by atoms with Crippen molar-refractivity contribution in [2.45, 2.75) is 25.1 Å². The number of aromatic carboxylic acids is 1. The summed E-state index contributed by atoms with van der Waals surface area (Å²) in [6, 6.07) is 13.9. The molecule has 0 radical (unpaired) electrons. The molecule has 2 aromatic carbocycles. The Morgan fingerprint density at radius 2 is 1.93 bits per heavy atom. The molecule has 0 saturated carbocycles. The fraction of sp³-hybridized carbons (Fsp3) is 0.200. The van der Waals surface area contributed by atoms with Crippen LogP contribution in [0.3, 0.4) is 0 Å². The fourth-order valence-electron chi connectivity index (χ4n) is 2.76. The van der Waals surface area contributed by atoms with Gasteiger partial charge in [-0.25, -0.2) is 4.68 Å². The van der Waals surface area contributed by atoms with E-state index in [-0.39, 0.29) is 23.8 Å². The lowest BCUT2D eigenvalue weighted by Gasteiger charge is -2.14. The van der Waals surface area contributed by atoms with Crippen LogP contribution in [0.15, 0.2) is 53.7 Å². The summed E-state index contributed by atoms with van der Waals surface area (Å²) in [5.41, 5.74) is 1.02. The first-order chi connectivity index (χ1) is 14.5. The first-order valence-electron chi connectivity index (χ1n) is 9.12. The number of carbonyl (C=O) groups excluding carboxylic acids is 2. The molecule has 1 aromatic heterocycles. The quantitative estimate of drug-likeness (QED) is 0.385. The van der Waals surface area contributed by atoms with Crippen LogP contribution in [-0.4, -0.2) is 32.5 Å². The molecule has 1 heterocycles. The Balaban J connectivity index is 1.58. The number of hydrogen-bond donors (Lipinski definition) is 2. The number of thioether (sulfide) groups is 1. The lowest BCUT2D eigenvalue weighted by atomic mass is 10.0. The molecule has 0 spiro atoms. The van der Waals surface area contributed by atoms with Gasteiger partial charge in [-0.2, -0.15) is 0 Å².